The molecule has 3 atom stereocenters. The number of aliphatic hydroxyl groups excluding tert-OH is 2. The largest absolute Gasteiger partial charge is 0.395 e. The summed E-state index contributed by atoms with van der Waals surface area (Å²) in [4.78, 5) is 21.5. The summed E-state index contributed by atoms with van der Waals surface area (Å²) < 4.78 is 2.01. The number of β-amino-alcohol motifs (C(OH)–C–C–N with tert-alkyl or cyclic N) is 1. The lowest BCUT2D eigenvalue weighted by Crippen LogP contribution is -2.36. The van der Waals surface area contributed by atoms with Gasteiger partial charge in [-0.25, -0.2) is 4.98 Å². The molecule has 146 valence electrons. The molecule has 1 aromatic heterocycles. The van der Waals surface area contributed by atoms with Gasteiger partial charge in [0, 0.05) is 44.3 Å². The Balaban J connectivity index is 1.52. The van der Waals surface area contributed by atoms with Crippen LogP contribution in [0.4, 0.5) is 5.95 Å². The summed E-state index contributed by atoms with van der Waals surface area (Å²) >= 11 is 0. The number of carbonyl (C=O) groups is 1. The minimum atomic E-state index is -0.307. The van der Waals surface area contributed by atoms with Crippen LogP contribution in [0.5, 0.6) is 0 Å². The number of hydrogen-bond donors (Lipinski definition) is 3. The minimum absolute atomic E-state index is 0.0423. The Hall–Kier alpha value is -2.16. The molecule has 0 radical (unpaired) electrons. The zero-order valence-corrected chi connectivity index (χ0v) is 15.8. The Labute approximate surface area is 158 Å². The van der Waals surface area contributed by atoms with E-state index in [1.165, 1.54) is 0 Å². The van der Waals surface area contributed by atoms with E-state index < -0.39 is 0 Å². The van der Waals surface area contributed by atoms with Crippen molar-refractivity contribution in [1.82, 2.24) is 19.8 Å². The van der Waals surface area contributed by atoms with Crippen molar-refractivity contribution in [2.24, 2.45) is 7.05 Å². The predicted octanol–water partition coefficient (Wildman–Crippen LogP) is -0.0609. The van der Waals surface area contributed by atoms with Gasteiger partial charge in [0.15, 0.2) is 0 Å². The summed E-state index contributed by atoms with van der Waals surface area (Å²) in [5.41, 5.74) is 2.32. The average Bonchev–Trinajstić information content (AvgIpc) is 3.32. The third kappa shape index (κ3) is 3.40. The van der Waals surface area contributed by atoms with Gasteiger partial charge in [-0.1, -0.05) is 0 Å². The van der Waals surface area contributed by atoms with Crippen LogP contribution >= 0.6 is 0 Å². The van der Waals surface area contributed by atoms with Crippen LogP contribution < -0.4 is 10.2 Å². The summed E-state index contributed by atoms with van der Waals surface area (Å²) in [7, 11) is 3.92. The fourth-order valence-corrected chi connectivity index (χ4v) is 4.20. The van der Waals surface area contributed by atoms with Gasteiger partial charge in [0.05, 0.1) is 23.7 Å². The maximum absolute atomic E-state index is 12.7. The van der Waals surface area contributed by atoms with Crippen molar-refractivity contribution in [3.8, 4) is 0 Å². The molecule has 0 spiro atoms. The summed E-state index contributed by atoms with van der Waals surface area (Å²) in [6.07, 6.45) is 1.20. The van der Waals surface area contributed by atoms with Gasteiger partial charge in [0.2, 0.25) is 5.95 Å². The topological polar surface area (TPSA) is 93.9 Å². The number of nitrogens with zero attached hydrogens (tertiary/aromatic N) is 4. The first-order chi connectivity index (χ1) is 13.0. The molecule has 2 aromatic rings. The molecule has 2 fully saturated rings. The number of carbonyl (C=O) groups excluding carboxylic acids is 1. The number of likely N-dealkylation sites (N-methyl/N-ethyl adjacent to an activating group) is 1. The van der Waals surface area contributed by atoms with Crippen LogP contribution in [0.15, 0.2) is 18.2 Å². The van der Waals surface area contributed by atoms with Gasteiger partial charge >= 0.3 is 0 Å². The second-order valence-corrected chi connectivity index (χ2v) is 7.74. The fourth-order valence-electron chi connectivity index (χ4n) is 4.20. The third-order valence-corrected chi connectivity index (χ3v) is 5.80. The number of fused-ring (bicyclic) bond motifs is 1. The summed E-state index contributed by atoms with van der Waals surface area (Å²) in [5, 5.41) is 22.2. The van der Waals surface area contributed by atoms with Crippen LogP contribution in [0.1, 0.15) is 23.2 Å². The Morgan fingerprint density at radius 2 is 2.15 bits per heavy atom. The zero-order valence-electron chi connectivity index (χ0n) is 15.8. The van der Waals surface area contributed by atoms with Gasteiger partial charge < -0.3 is 25.0 Å². The standard InChI is InChI=1S/C19H27N5O3/c1-22-9-13(8-14(22)11-25)20-18(27)12-3-4-17-16(7-12)21-19(23(17)2)24-6-5-15(26)10-24/h3-4,7,13-15,25-26H,5-6,8-11H2,1-2H3,(H,20,27)/t13-,14+,15+/m1/s1. The van der Waals surface area contributed by atoms with Gasteiger partial charge in [-0.3, -0.25) is 9.69 Å². The molecule has 4 rings (SSSR count). The molecule has 0 saturated carbocycles. The van der Waals surface area contributed by atoms with Crippen molar-refractivity contribution in [2.45, 2.75) is 31.0 Å². The molecule has 8 nitrogen and oxygen atoms in total. The highest BCUT2D eigenvalue weighted by molar-refractivity contribution is 5.98. The molecule has 2 aliphatic rings. The molecule has 0 unspecified atom stereocenters. The van der Waals surface area contributed by atoms with Gasteiger partial charge in [0.1, 0.15) is 0 Å². The van der Waals surface area contributed by atoms with E-state index >= 15 is 0 Å². The molecule has 3 N–H and O–H groups in total. The first kappa shape index (κ1) is 18.2. The Morgan fingerprint density at radius 3 is 2.81 bits per heavy atom. The molecule has 1 aromatic carbocycles. The highest BCUT2D eigenvalue weighted by Gasteiger charge is 2.30. The Bertz CT molecular complexity index is 851. The van der Waals surface area contributed by atoms with Crippen LogP contribution in [0, 0.1) is 0 Å². The number of aliphatic hydroxyl groups is 2. The van der Waals surface area contributed by atoms with Crippen molar-refractivity contribution < 1.29 is 15.0 Å². The van der Waals surface area contributed by atoms with Gasteiger partial charge in [-0.2, -0.15) is 0 Å². The van der Waals surface area contributed by atoms with E-state index in [1.54, 1.807) is 0 Å². The number of anilines is 1. The molecule has 8 heteroatoms. The second kappa shape index (κ2) is 7.10. The van der Waals surface area contributed by atoms with Crippen LogP contribution in [-0.2, 0) is 7.05 Å². The average molecular weight is 373 g/mol. The van der Waals surface area contributed by atoms with Crippen LogP contribution in [-0.4, -0.2) is 82.0 Å². The van der Waals surface area contributed by atoms with E-state index in [1.807, 2.05) is 36.9 Å². The molecular formula is C19H27N5O3. The Morgan fingerprint density at radius 1 is 1.33 bits per heavy atom. The number of likely N-dealkylation sites (tertiary alicyclic amines) is 1. The number of aryl methyl sites for hydroxylation is 1. The van der Waals surface area contributed by atoms with E-state index in [0.29, 0.717) is 12.1 Å². The van der Waals surface area contributed by atoms with E-state index in [4.69, 9.17) is 4.98 Å². The number of hydrogen-bond acceptors (Lipinski definition) is 6. The molecular weight excluding hydrogens is 346 g/mol. The maximum Gasteiger partial charge on any atom is 0.251 e. The first-order valence-electron chi connectivity index (χ1n) is 9.47. The summed E-state index contributed by atoms with van der Waals surface area (Å²) in [6.45, 7) is 2.22. The van der Waals surface area contributed by atoms with Crippen LogP contribution in [0.3, 0.4) is 0 Å². The van der Waals surface area contributed by atoms with Crippen molar-refractivity contribution in [2.75, 3.05) is 38.2 Å². The van der Waals surface area contributed by atoms with Crippen molar-refractivity contribution in [3.05, 3.63) is 23.8 Å². The number of benzene rings is 1. The number of imidazole rings is 1. The van der Waals surface area contributed by atoms with E-state index in [9.17, 15) is 15.0 Å². The zero-order chi connectivity index (χ0) is 19.1. The van der Waals surface area contributed by atoms with Crippen molar-refractivity contribution in [1.29, 1.82) is 0 Å². The van der Waals surface area contributed by atoms with E-state index in [2.05, 4.69) is 15.1 Å². The van der Waals surface area contributed by atoms with E-state index in [0.717, 1.165) is 42.9 Å². The lowest BCUT2D eigenvalue weighted by atomic mass is 10.1. The van der Waals surface area contributed by atoms with Gasteiger partial charge in [0.25, 0.3) is 5.91 Å². The quantitative estimate of drug-likeness (QED) is 0.695. The third-order valence-electron chi connectivity index (χ3n) is 5.80. The molecule has 2 aliphatic heterocycles. The minimum Gasteiger partial charge on any atom is -0.395 e. The van der Waals surface area contributed by atoms with Crippen LogP contribution in [0.25, 0.3) is 11.0 Å². The van der Waals surface area contributed by atoms with Gasteiger partial charge in [-0.15, -0.1) is 0 Å². The van der Waals surface area contributed by atoms with Crippen molar-refractivity contribution >= 4 is 22.9 Å². The fraction of sp³-hybridized carbons (Fsp3) is 0.579. The summed E-state index contributed by atoms with van der Waals surface area (Å²) in [6, 6.07) is 5.71. The monoisotopic (exact) mass is 373 g/mol. The normalized spacial score (nSPS) is 26.2. The molecule has 2 saturated heterocycles. The van der Waals surface area contributed by atoms with Crippen molar-refractivity contribution in [3.63, 3.8) is 0 Å². The number of aromatic nitrogens is 2. The lowest BCUT2D eigenvalue weighted by Gasteiger charge is -2.16. The second-order valence-electron chi connectivity index (χ2n) is 7.74. The molecule has 0 aliphatic carbocycles. The molecule has 3 heterocycles. The first-order valence-corrected chi connectivity index (χ1v) is 9.47. The number of nitrogens with one attached hydrogen (secondary N) is 1. The smallest absolute Gasteiger partial charge is 0.251 e. The number of rotatable bonds is 4. The predicted molar refractivity (Wildman–Crippen MR) is 103 cm³/mol. The molecule has 27 heavy (non-hydrogen) atoms. The highest BCUT2D eigenvalue weighted by atomic mass is 16.3. The SMILES string of the molecule is CN1C[C@H](NC(=O)c2ccc3c(c2)nc(N2CC[C@H](O)C2)n3C)C[C@H]1CO. The molecule has 1 amide bonds. The van der Waals surface area contributed by atoms with Crippen LogP contribution in [0.2, 0.25) is 0 Å². The van der Waals surface area contributed by atoms with E-state index in [-0.39, 0.29) is 30.7 Å². The number of amides is 1. The summed E-state index contributed by atoms with van der Waals surface area (Å²) in [5.74, 6) is 0.708. The molecule has 0 bridgehead atoms. The lowest BCUT2D eigenvalue weighted by molar-refractivity contribution is 0.0938. The Kier molecular flexibility index (Phi) is 4.79. The maximum atomic E-state index is 12.7. The van der Waals surface area contributed by atoms with Gasteiger partial charge in [-0.05, 0) is 38.1 Å². The highest BCUT2D eigenvalue weighted by Crippen LogP contribution is 2.25.